The van der Waals surface area contributed by atoms with Crippen molar-refractivity contribution in [2.75, 3.05) is 24.5 Å². The molecule has 3 N–H and O–H groups in total. The Morgan fingerprint density at radius 1 is 1.27 bits per heavy atom. The summed E-state index contributed by atoms with van der Waals surface area (Å²) < 4.78 is 0. The molecule has 0 radical (unpaired) electrons. The van der Waals surface area contributed by atoms with Gasteiger partial charge >= 0.3 is 0 Å². The van der Waals surface area contributed by atoms with Crippen LogP contribution in [0.2, 0.25) is 10.2 Å². The Morgan fingerprint density at radius 3 is 2.46 bits per heavy atom. The molecule has 1 saturated heterocycles. The summed E-state index contributed by atoms with van der Waals surface area (Å²) >= 11 is 12.3. The third-order valence-corrected chi connectivity index (χ3v) is 5.28. The molecule has 0 unspecified atom stereocenters. The number of carbonyl (C=O) groups is 1. The highest BCUT2D eigenvalue weighted by molar-refractivity contribution is 6.32. The molecule has 2 heterocycles. The van der Waals surface area contributed by atoms with E-state index in [1.54, 1.807) is 18.3 Å². The van der Waals surface area contributed by atoms with Gasteiger partial charge < -0.3 is 16.0 Å². The molecule has 2 aromatic rings. The largest absolute Gasteiger partial charge is 0.368 e. The quantitative estimate of drug-likeness (QED) is 0.815. The molecule has 3 rings (SSSR count). The van der Waals surface area contributed by atoms with Crippen LogP contribution in [0.25, 0.3) is 11.3 Å². The maximum absolute atomic E-state index is 11.9. The number of benzene rings is 1. The second-order valence-electron chi connectivity index (χ2n) is 6.34. The van der Waals surface area contributed by atoms with E-state index in [9.17, 15) is 4.79 Å². The zero-order valence-electron chi connectivity index (χ0n) is 14.5. The van der Waals surface area contributed by atoms with Crippen LogP contribution >= 0.6 is 23.2 Å². The van der Waals surface area contributed by atoms with Gasteiger partial charge in [-0.3, -0.25) is 4.79 Å². The normalized spacial score (nSPS) is 16.5. The predicted molar refractivity (Wildman–Crippen MR) is 105 cm³/mol. The van der Waals surface area contributed by atoms with Crippen LogP contribution in [-0.4, -0.2) is 41.0 Å². The van der Waals surface area contributed by atoms with Crippen molar-refractivity contribution in [2.24, 2.45) is 5.73 Å². The first-order valence-electron chi connectivity index (χ1n) is 8.53. The number of likely N-dealkylation sites (N-methyl/N-ethyl adjacent to an activating group) is 1. The molecule has 0 bridgehead atoms. The van der Waals surface area contributed by atoms with E-state index in [2.05, 4.69) is 20.2 Å². The summed E-state index contributed by atoms with van der Waals surface area (Å²) in [7, 11) is 0. The highest BCUT2D eigenvalue weighted by Crippen LogP contribution is 2.30. The number of nitrogens with two attached hydrogens (primary N) is 1. The van der Waals surface area contributed by atoms with Crippen molar-refractivity contribution in [3.8, 4) is 11.3 Å². The molecule has 1 aromatic carbocycles. The molecule has 1 amide bonds. The minimum absolute atomic E-state index is 0.304. The molecule has 1 aliphatic rings. The molecule has 138 valence electrons. The Morgan fingerprint density at radius 2 is 1.92 bits per heavy atom. The summed E-state index contributed by atoms with van der Waals surface area (Å²) in [6.45, 7) is 3.98. The molecular formula is C18H21Cl2N5O. The maximum atomic E-state index is 11.9. The number of nitrogens with zero attached hydrogens (tertiary/aromatic N) is 3. The Bertz CT molecular complexity index is 789. The monoisotopic (exact) mass is 393 g/mol. The molecule has 1 aliphatic heterocycles. The van der Waals surface area contributed by atoms with Gasteiger partial charge in [0, 0.05) is 23.7 Å². The number of hydrogen-bond acceptors (Lipinski definition) is 5. The van der Waals surface area contributed by atoms with Gasteiger partial charge in [-0.15, -0.1) is 0 Å². The third kappa shape index (κ3) is 3.77. The van der Waals surface area contributed by atoms with Crippen LogP contribution < -0.4 is 16.0 Å². The number of amides is 1. The lowest BCUT2D eigenvalue weighted by Crippen LogP contribution is -2.61. The van der Waals surface area contributed by atoms with Crippen LogP contribution in [0.5, 0.6) is 0 Å². The van der Waals surface area contributed by atoms with Gasteiger partial charge in [-0.2, -0.15) is 0 Å². The van der Waals surface area contributed by atoms with Gasteiger partial charge in [-0.05, 0) is 31.5 Å². The summed E-state index contributed by atoms with van der Waals surface area (Å²) in [4.78, 5) is 22.9. The molecule has 1 fully saturated rings. The van der Waals surface area contributed by atoms with Gasteiger partial charge in [-0.1, -0.05) is 42.3 Å². The average Bonchev–Trinajstić information content (AvgIpc) is 2.63. The Hall–Kier alpha value is -1.89. The van der Waals surface area contributed by atoms with Gasteiger partial charge in [-0.25, -0.2) is 9.97 Å². The van der Waals surface area contributed by atoms with E-state index in [1.165, 1.54) is 0 Å². The fourth-order valence-electron chi connectivity index (χ4n) is 3.28. The number of aromatic nitrogens is 2. The Labute approximate surface area is 162 Å². The van der Waals surface area contributed by atoms with E-state index in [1.807, 2.05) is 19.1 Å². The van der Waals surface area contributed by atoms with Crippen LogP contribution in [0, 0.1) is 0 Å². The SMILES string of the molecule is CCNC1(C(N)=O)CCN(c2cnc(-c3ccc(Cl)cc3)c(Cl)n2)CC1. The number of hydrogen-bond donors (Lipinski definition) is 2. The molecule has 8 heteroatoms. The number of halogens is 2. The fraction of sp³-hybridized carbons (Fsp3) is 0.389. The third-order valence-electron chi connectivity index (χ3n) is 4.76. The van der Waals surface area contributed by atoms with Crippen molar-refractivity contribution >= 4 is 34.9 Å². The highest BCUT2D eigenvalue weighted by atomic mass is 35.5. The van der Waals surface area contributed by atoms with Crippen LogP contribution in [0.15, 0.2) is 30.5 Å². The van der Waals surface area contributed by atoms with Crippen LogP contribution in [-0.2, 0) is 4.79 Å². The summed E-state index contributed by atoms with van der Waals surface area (Å²) in [5.74, 6) is 0.392. The molecule has 0 saturated carbocycles. The van der Waals surface area contributed by atoms with E-state index < -0.39 is 5.54 Å². The molecule has 0 spiro atoms. The fourth-order valence-corrected chi connectivity index (χ4v) is 3.65. The van der Waals surface area contributed by atoms with Crippen molar-refractivity contribution in [1.29, 1.82) is 0 Å². The van der Waals surface area contributed by atoms with Crippen LogP contribution in [0.3, 0.4) is 0 Å². The number of anilines is 1. The molecule has 1 aromatic heterocycles. The zero-order valence-corrected chi connectivity index (χ0v) is 16.0. The number of carbonyl (C=O) groups excluding carboxylic acids is 1. The zero-order chi connectivity index (χ0) is 18.7. The van der Waals surface area contributed by atoms with Crippen molar-refractivity contribution in [3.05, 3.63) is 40.6 Å². The first-order chi connectivity index (χ1) is 12.4. The lowest BCUT2D eigenvalue weighted by molar-refractivity contribution is -0.125. The lowest BCUT2D eigenvalue weighted by atomic mass is 9.86. The van der Waals surface area contributed by atoms with Crippen molar-refractivity contribution < 1.29 is 4.79 Å². The first-order valence-corrected chi connectivity index (χ1v) is 9.29. The summed E-state index contributed by atoms with van der Waals surface area (Å²) in [5.41, 5.74) is 6.44. The van der Waals surface area contributed by atoms with E-state index in [0.29, 0.717) is 54.2 Å². The van der Waals surface area contributed by atoms with E-state index in [-0.39, 0.29) is 5.91 Å². The topological polar surface area (TPSA) is 84.1 Å². The molecular weight excluding hydrogens is 373 g/mol. The van der Waals surface area contributed by atoms with Crippen molar-refractivity contribution in [3.63, 3.8) is 0 Å². The van der Waals surface area contributed by atoms with Gasteiger partial charge in [0.2, 0.25) is 5.91 Å². The van der Waals surface area contributed by atoms with Crippen molar-refractivity contribution in [2.45, 2.75) is 25.3 Å². The van der Waals surface area contributed by atoms with Gasteiger partial charge in [0.05, 0.1) is 6.20 Å². The number of nitrogens with one attached hydrogen (secondary N) is 1. The number of rotatable bonds is 5. The average molecular weight is 394 g/mol. The lowest BCUT2D eigenvalue weighted by Gasteiger charge is -2.40. The summed E-state index contributed by atoms with van der Waals surface area (Å²) in [5, 5.41) is 4.23. The van der Waals surface area contributed by atoms with Gasteiger partial charge in [0.25, 0.3) is 0 Å². The van der Waals surface area contributed by atoms with Crippen molar-refractivity contribution in [1.82, 2.24) is 15.3 Å². The predicted octanol–water partition coefficient (Wildman–Crippen LogP) is 2.88. The van der Waals surface area contributed by atoms with Gasteiger partial charge in [0.1, 0.15) is 17.1 Å². The van der Waals surface area contributed by atoms with Crippen LogP contribution in [0.1, 0.15) is 19.8 Å². The Balaban J connectivity index is 1.76. The second-order valence-corrected chi connectivity index (χ2v) is 7.13. The molecule has 6 nitrogen and oxygen atoms in total. The molecule has 0 aliphatic carbocycles. The van der Waals surface area contributed by atoms with Gasteiger partial charge in [0.15, 0.2) is 5.15 Å². The van der Waals surface area contributed by atoms with Crippen LogP contribution in [0.4, 0.5) is 5.82 Å². The highest BCUT2D eigenvalue weighted by Gasteiger charge is 2.39. The second kappa shape index (κ2) is 7.78. The standard InChI is InChI=1S/C18H21Cl2N5O/c1-2-23-18(17(21)26)7-9-25(10-8-18)14-11-22-15(16(20)24-14)12-3-5-13(19)6-4-12/h3-6,11,23H,2,7-10H2,1H3,(H2,21,26). The maximum Gasteiger partial charge on any atom is 0.237 e. The number of piperidine rings is 1. The van der Waals surface area contributed by atoms with E-state index in [0.717, 1.165) is 5.56 Å². The smallest absolute Gasteiger partial charge is 0.237 e. The molecule has 26 heavy (non-hydrogen) atoms. The Kier molecular flexibility index (Phi) is 5.65. The first kappa shape index (κ1) is 18.9. The summed E-state index contributed by atoms with van der Waals surface area (Å²) in [6, 6.07) is 7.29. The minimum Gasteiger partial charge on any atom is -0.368 e. The molecule has 0 atom stereocenters. The summed E-state index contributed by atoms with van der Waals surface area (Å²) in [6.07, 6.45) is 2.95. The van der Waals surface area contributed by atoms with E-state index in [4.69, 9.17) is 28.9 Å². The van der Waals surface area contributed by atoms with E-state index >= 15 is 0 Å². The minimum atomic E-state index is -0.647. The number of primary amides is 1.